The zero-order valence-corrected chi connectivity index (χ0v) is 14.4. The van der Waals surface area contributed by atoms with Crippen molar-refractivity contribution in [2.45, 2.75) is 0 Å². The molecule has 1 aromatic heterocycles. The number of esters is 1. The maximum absolute atomic E-state index is 13.6. The van der Waals surface area contributed by atoms with Gasteiger partial charge in [-0.25, -0.2) is 14.2 Å². The van der Waals surface area contributed by atoms with Gasteiger partial charge in [-0.3, -0.25) is 0 Å². The number of ether oxygens (including phenoxy) is 3. The molecule has 0 fully saturated rings. The molecule has 3 rings (SSSR count). The average Bonchev–Trinajstić information content (AvgIpc) is 2.70. The average molecular weight is 366 g/mol. The third kappa shape index (κ3) is 4.30. The molecule has 1 heterocycles. The summed E-state index contributed by atoms with van der Waals surface area (Å²) in [6.45, 7) is 0.384. The van der Waals surface area contributed by atoms with Crippen LogP contribution >= 0.6 is 0 Å². The van der Waals surface area contributed by atoms with Crippen LogP contribution in [0.1, 0.15) is 16.1 Å². The molecule has 2 aromatic carbocycles. The van der Waals surface area contributed by atoms with E-state index in [0.717, 1.165) is 0 Å². The maximum atomic E-state index is 13.6. The Morgan fingerprint density at radius 3 is 2.56 bits per heavy atom. The van der Waals surface area contributed by atoms with Crippen molar-refractivity contribution in [1.82, 2.24) is 4.98 Å². The van der Waals surface area contributed by atoms with E-state index in [9.17, 15) is 9.18 Å². The molecule has 0 amide bonds. The molecule has 0 aliphatic rings. The van der Waals surface area contributed by atoms with Crippen molar-refractivity contribution >= 4 is 16.9 Å². The smallest absolute Gasteiger partial charge is 0.356 e. The van der Waals surface area contributed by atoms with Gasteiger partial charge in [-0.2, -0.15) is 5.26 Å². The summed E-state index contributed by atoms with van der Waals surface area (Å²) < 4.78 is 29.5. The monoisotopic (exact) mass is 366 g/mol. The SMILES string of the molecule is COC(=O)c1cc(OCCOc2ccc(C#N)cc2)c2cc(F)ccc2n1. The van der Waals surface area contributed by atoms with E-state index in [0.29, 0.717) is 28.0 Å². The van der Waals surface area contributed by atoms with Crippen molar-refractivity contribution < 1.29 is 23.4 Å². The van der Waals surface area contributed by atoms with Gasteiger partial charge in [0.15, 0.2) is 5.69 Å². The first-order valence-corrected chi connectivity index (χ1v) is 8.05. The van der Waals surface area contributed by atoms with E-state index >= 15 is 0 Å². The zero-order valence-electron chi connectivity index (χ0n) is 14.4. The highest BCUT2D eigenvalue weighted by Crippen LogP contribution is 2.27. The fourth-order valence-electron chi connectivity index (χ4n) is 2.43. The maximum Gasteiger partial charge on any atom is 0.356 e. The Labute approximate surface area is 154 Å². The number of pyridine rings is 1. The van der Waals surface area contributed by atoms with Crippen molar-refractivity contribution in [1.29, 1.82) is 5.26 Å². The Bertz CT molecular complexity index is 1010. The van der Waals surface area contributed by atoms with Crippen molar-refractivity contribution in [3.05, 3.63) is 65.6 Å². The summed E-state index contributed by atoms with van der Waals surface area (Å²) in [4.78, 5) is 15.9. The zero-order chi connectivity index (χ0) is 19.2. The van der Waals surface area contributed by atoms with Gasteiger partial charge in [-0.1, -0.05) is 0 Å². The van der Waals surface area contributed by atoms with Crippen molar-refractivity contribution in [3.8, 4) is 17.6 Å². The van der Waals surface area contributed by atoms with E-state index in [1.165, 1.54) is 31.4 Å². The molecule has 0 aliphatic heterocycles. The highest BCUT2D eigenvalue weighted by Gasteiger charge is 2.14. The topological polar surface area (TPSA) is 81.4 Å². The van der Waals surface area contributed by atoms with Crippen molar-refractivity contribution in [3.63, 3.8) is 0 Å². The van der Waals surface area contributed by atoms with Gasteiger partial charge in [0.2, 0.25) is 0 Å². The summed E-state index contributed by atoms with van der Waals surface area (Å²) in [5, 5.41) is 9.22. The first kappa shape index (κ1) is 18.1. The summed E-state index contributed by atoms with van der Waals surface area (Å²) in [7, 11) is 1.25. The lowest BCUT2D eigenvalue weighted by atomic mass is 10.1. The van der Waals surface area contributed by atoms with E-state index in [4.69, 9.17) is 14.7 Å². The van der Waals surface area contributed by atoms with E-state index in [-0.39, 0.29) is 18.9 Å². The lowest BCUT2D eigenvalue weighted by molar-refractivity contribution is 0.0594. The lowest BCUT2D eigenvalue weighted by Crippen LogP contribution is -2.11. The number of aromatic nitrogens is 1. The van der Waals surface area contributed by atoms with Crippen LogP contribution in [0.3, 0.4) is 0 Å². The number of methoxy groups -OCH3 is 1. The van der Waals surface area contributed by atoms with Crippen LogP contribution in [0.15, 0.2) is 48.5 Å². The van der Waals surface area contributed by atoms with Gasteiger partial charge in [0.1, 0.15) is 30.5 Å². The molecule has 0 bridgehead atoms. The molecule has 0 spiro atoms. The number of nitrogens with zero attached hydrogens (tertiary/aromatic N) is 2. The molecule has 7 heteroatoms. The molecule has 0 saturated carbocycles. The summed E-state index contributed by atoms with van der Waals surface area (Å²) in [5.41, 5.74) is 1.03. The predicted molar refractivity (Wildman–Crippen MR) is 95.2 cm³/mol. The fraction of sp³-hybridized carbons (Fsp3) is 0.150. The summed E-state index contributed by atoms with van der Waals surface area (Å²) in [5.74, 6) is -0.143. The molecular formula is C20H15FN2O4. The Morgan fingerprint density at radius 1 is 1.11 bits per heavy atom. The number of hydrogen-bond donors (Lipinski definition) is 0. The molecule has 6 nitrogen and oxygen atoms in total. The minimum atomic E-state index is -0.611. The van der Waals surface area contributed by atoms with E-state index in [1.807, 2.05) is 6.07 Å². The standard InChI is InChI=1S/C20H15FN2O4/c1-25-20(24)18-11-19(16-10-14(21)4-7-17(16)23-18)27-9-8-26-15-5-2-13(12-22)3-6-15/h2-7,10-11H,8-9H2,1H3. The molecule has 3 aromatic rings. The van der Waals surface area contributed by atoms with Crippen LogP contribution in [-0.2, 0) is 4.74 Å². The van der Waals surface area contributed by atoms with Crippen molar-refractivity contribution in [2.24, 2.45) is 0 Å². The van der Waals surface area contributed by atoms with Crippen molar-refractivity contribution in [2.75, 3.05) is 20.3 Å². The summed E-state index contributed by atoms with van der Waals surface area (Å²) in [6.07, 6.45) is 0. The molecule has 0 N–H and O–H groups in total. The van der Waals surface area contributed by atoms with Crippen LogP contribution in [-0.4, -0.2) is 31.3 Å². The minimum absolute atomic E-state index is 0.0691. The number of carbonyl (C=O) groups is 1. The molecule has 0 saturated heterocycles. The Kier molecular flexibility index (Phi) is 5.47. The number of fused-ring (bicyclic) bond motifs is 1. The van der Waals surface area contributed by atoms with Crippen LogP contribution in [0, 0.1) is 17.1 Å². The van der Waals surface area contributed by atoms with Gasteiger partial charge in [0, 0.05) is 11.5 Å². The number of halogens is 1. The Morgan fingerprint density at radius 2 is 1.85 bits per heavy atom. The molecule has 0 atom stereocenters. The highest BCUT2D eigenvalue weighted by atomic mass is 19.1. The molecular weight excluding hydrogens is 351 g/mol. The second-order valence-electron chi connectivity index (χ2n) is 5.49. The van der Waals surface area contributed by atoms with Gasteiger partial charge >= 0.3 is 5.97 Å². The molecule has 0 unspecified atom stereocenters. The third-order valence-electron chi connectivity index (χ3n) is 3.72. The predicted octanol–water partition coefficient (Wildman–Crippen LogP) is 3.49. The number of nitriles is 1. The highest BCUT2D eigenvalue weighted by molar-refractivity contribution is 5.94. The molecule has 27 heavy (non-hydrogen) atoms. The Hall–Kier alpha value is -3.66. The number of benzene rings is 2. The first-order chi connectivity index (χ1) is 13.1. The van der Waals surface area contributed by atoms with Crippen LogP contribution in [0.2, 0.25) is 0 Å². The minimum Gasteiger partial charge on any atom is -0.490 e. The largest absolute Gasteiger partial charge is 0.490 e. The number of hydrogen-bond acceptors (Lipinski definition) is 6. The normalized spacial score (nSPS) is 10.3. The summed E-state index contributed by atoms with van der Waals surface area (Å²) in [6, 6.07) is 14.1. The molecule has 0 radical (unpaired) electrons. The second-order valence-corrected chi connectivity index (χ2v) is 5.49. The van der Waals surface area contributed by atoms with Gasteiger partial charge < -0.3 is 14.2 Å². The van der Waals surface area contributed by atoms with Crippen LogP contribution in [0.4, 0.5) is 4.39 Å². The van der Waals surface area contributed by atoms with Gasteiger partial charge in [-0.15, -0.1) is 0 Å². The number of carbonyl (C=O) groups excluding carboxylic acids is 1. The quantitative estimate of drug-likeness (QED) is 0.491. The lowest BCUT2D eigenvalue weighted by Gasteiger charge is -2.12. The van der Waals surface area contributed by atoms with Gasteiger partial charge in [0.05, 0.1) is 24.3 Å². The van der Waals surface area contributed by atoms with E-state index in [2.05, 4.69) is 9.72 Å². The second kappa shape index (κ2) is 8.15. The first-order valence-electron chi connectivity index (χ1n) is 8.05. The van der Waals surface area contributed by atoms with Gasteiger partial charge in [0.25, 0.3) is 0 Å². The van der Waals surface area contributed by atoms with Gasteiger partial charge in [-0.05, 0) is 42.5 Å². The summed E-state index contributed by atoms with van der Waals surface area (Å²) >= 11 is 0. The Balaban J connectivity index is 1.73. The van der Waals surface area contributed by atoms with E-state index < -0.39 is 11.8 Å². The third-order valence-corrected chi connectivity index (χ3v) is 3.72. The van der Waals surface area contributed by atoms with Crippen LogP contribution in [0.5, 0.6) is 11.5 Å². The van der Waals surface area contributed by atoms with E-state index in [1.54, 1.807) is 24.3 Å². The molecule has 136 valence electrons. The van der Waals surface area contributed by atoms with Crippen LogP contribution in [0.25, 0.3) is 10.9 Å². The molecule has 0 aliphatic carbocycles. The number of rotatable bonds is 6. The van der Waals surface area contributed by atoms with Crippen LogP contribution < -0.4 is 9.47 Å². The fourth-order valence-corrected chi connectivity index (χ4v) is 2.43.